The monoisotopic (exact) mass is 452 g/mol. The Morgan fingerprint density at radius 3 is 2.03 bits per heavy atom. The first-order chi connectivity index (χ1) is 17.1. The Labute approximate surface area is 204 Å². The van der Waals surface area contributed by atoms with Crippen molar-refractivity contribution in [2.24, 2.45) is 0 Å². The van der Waals surface area contributed by atoms with Gasteiger partial charge in [0.1, 0.15) is 11.0 Å². The van der Waals surface area contributed by atoms with Gasteiger partial charge < -0.3 is 9.47 Å². The molecule has 0 saturated carbocycles. The van der Waals surface area contributed by atoms with E-state index in [-0.39, 0.29) is 5.41 Å². The minimum Gasteiger partial charge on any atom is -0.310 e. The predicted molar refractivity (Wildman–Crippen MR) is 143 cm³/mol. The van der Waals surface area contributed by atoms with E-state index in [2.05, 4.69) is 114 Å². The Morgan fingerprint density at radius 1 is 0.629 bits per heavy atom. The van der Waals surface area contributed by atoms with Gasteiger partial charge in [-0.15, -0.1) is 0 Å². The van der Waals surface area contributed by atoms with Gasteiger partial charge in [0, 0.05) is 34.9 Å². The van der Waals surface area contributed by atoms with Gasteiger partial charge in [0.25, 0.3) is 0 Å². The third kappa shape index (κ3) is 2.80. The number of fused-ring (bicyclic) bond motifs is 5. The molecule has 0 saturated heterocycles. The number of nitrogens with zero attached hydrogens (tertiary/aromatic N) is 4. The molecule has 0 fully saturated rings. The topological polar surface area (TPSA) is 34.0 Å². The van der Waals surface area contributed by atoms with E-state index in [9.17, 15) is 0 Å². The lowest BCUT2D eigenvalue weighted by molar-refractivity contribution is 0.629. The van der Waals surface area contributed by atoms with Crippen LogP contribution in [0, 0.1) is 0 Å². The first-order valence-corrected chi connectivity index (χ1v) is 11.9. The second-order valence-corrected chi connectivity index (χ2v) is 9.60. The summed E-state index contributed by atoms with van der Waals surface area (Å²) in [5.41, 5.74) is 11.1. The molecule has 168 valence electrons. The highest BCUT2D eigenvalue weighted by molar-refractivity contribution is 6.07. The number of pyridine rings is 2. The van der Waals surface area contributed by atoms with Crippen LogP contribution in [0.3, 0.4) is 0 Å². The van der Waals surface area contributed by atoms with Crippen LogP contribution in [0.1, 0.15) is 25.0 Å². The fourth-order valence-electron chi connectivity index (χ4n) is 5.59. The van der Waals surface area contributed by atoms with Gasteiger partial charge in [-0.1, -0.05) is 50.2 Å². The van der Waals surface area contributed by atoms with Gasteiger partial charge in [-0.3, -0.25) is 9.97 Å². The molecule has 1 aliphatic rings. The van der Waals surface area contributed by atoms with E-state index in [1.54, 1.807) is 0 Å². The smallest absolute Gasteiger partial charge is 0.115 e. The zero-order valence-corrected chi connectivity index (χ0v) is 19.7. The molecule has 0 unspecified atom stereocenters. The summed E-state index contributed by atoms with van der Waals surface area (Å²) >= 11 is 0. The average molecular weight is 453 g/mol. The maximum Gasteiger partial charge on any atom is 0.115 e. The lowest BCUT2D eigenvalue weighted by atomic mass is 9.75. The number of benzene rings is 3. The molecule has 4 heteroatoms. The van der Waals surface area contributed by atoms with Gasteiger partial charge in [-0.2, -0.15) is 0 Å². The molecule has 1 aliphatic heterocycles. The van der Waals surface area contributed by atoms with Crippen LogP contribution in [0.5, 0.6) is 0 Å². The predicted octanol–water partition coefficient (Wildman–Crippen LogP) is 7.68. The van der Waals surface area contributed by atoms with Crippen LogP contribution in [0.2, 0.25) is 0 Å². The van der Waals surface area contributed by atoms with Crippen molar-refractivity contribution in [3.63, 3.8) is 0 Å². The second-order valence-electron chi connectivity index (χ2n) is 9.60. The summed E-state index contributed by atoms with van der Waals surface area (Å²) < 4.78 is 2.35. The molecule has 0 aliphatic carbocycles. The minimum atomic E-state index is -0.198. The van der Waals surface area contributed by atoms with Crippen LogP contribution >= 0.6 is 0 Å². The van der Waals surface area contributed by atoms with Crippen molar-refractivity contribution in [2.75, 3.05) is 4.90 Å². The minimum absolute atomic E-state index is 0.198. The summed E-state index contributed by atoms with van der Waals surface area (Å²) in [6.45, 7) is 4.63. The molecule has 4 heterocycles. The standard InChI is InChI=1S/C31H24N4/c1-31(2)24-17-19-33-29-28-27(14-9-18-32-28)35(30(24)29)26-16-15-23(20-25(26)31)34(21-10-5-3-6-11-21)22-12-7-4-8-13-22/h3-20H,1-2H3. The zero-order valence-electron chi connectivity index (χ0n) is 19.7. The zero-order chi connectivity index (χ0) is 23.6. The van der Waals surface area contributed by atoms with Crippen LogP contribution in [0.4, 0.5) is 17.1 Å². The van der Waals surface area contributed by atoms with Crippen molar-refractivity contribution in [1.82, 2.24) is 14.5 Å². The van der Waals surface area contributed by atoms with Crippen molar-refractivity contribution in [3.8, 4) is 5.69 Å². The lowest BCUT2D eigenvalue weighted by Crippen LogP contribution is -2.27. The van der Waals surface area contributed by atoms with Gasteiger partial charge in [-0.05, 0) is 71.8 Å². The second kappa shape index (κ2) is 7.28. The number of rotatable bonds is 3. The van der Waals surface area contributed by atoms with Gasteiger partial charge >= 0.3 is 0 Å². The molecule has 35 heavy (non-hydrogen) atoms. The summed E-state index contributed by atoms with van der Waals surface area (Å²) in [5.74, 6) is 0. The summed E-state index contributed by atoms with van der Waals surface area (Å²) in [7, 11) is 0. The summed E-state index contributed by atoms with van der Waals surface area (Å²) in [5, 5.41) is 0. The maximum absolute atomic E-state index is 4.74. The van der Waals surface area contributed by atoms with E-state index < -0.39 is 0 Å². The summed E-state index contributed by atoms with van der Waals surface area (Å²) in [6, 6.07) is 34.3. The summed E-state index contributed by atoms with van der Waals surface area (Å²) in [6.07, 6.45) is 3.78. The van der Waals surface area contributed by atoms with E-state index in [0.717, 1.165) is 39.1 Å². The van der Waals surface area contributed by atoms with E-state index in [1.165, 1.54) is 16.8 Å². The van der Waals surface area contributed by atoms with Crippen molar-refractivity contribution in [3.05, 3.63) is 121 Å². The van der Waals surface area contributed by atoms with Gasteiger partial charge in [0.2, 0.25) is 0 Å². The van der Waals surface area contributed by atoms with Gasteiger partial charge in [-0.25, -0.2) is 0 Å². The molecule has 0 N–H and O–H groups in total. The molecule has 3 aromatic carbocycles. The van der Waals surface area contributed by atoms with E-state index in [0.29, 0.717) is 0 Å². The molecule has 0 amide bonds. The number of aromatic nitrogens is 3. The highest BCUT2D eigenvalue weighted by Crippen LogP contribution is 2.48. The van der Waals surface area contributed by atoms with Crippen molar-refractivity contribution in [1.29, 1.82) is 0 Å². The average Bonchev–Trinajstić information content (AvgIpc) is 3.24. The van der Waals surface area contributed by atoms with Crippen LogP contribution in [-0.2, 0) is 5.41 Å². The van der Waals surface area contributed by atoms with E-state index >= 15 is 0 Å². The highest BCUT2D eigenvalue weighted by Gasteiger charge is 2.36. The SMILES string of the molecule is CC1(C)c2cc(N(c3ccccc3)c3ccccc3)ccc2-n2c3cccnc3c3nccc1c32. The third-order valence-electron chi connectivity index (χ3n) is 7.25. The molecule has 6 aromatic rings. The summed E-state index contributed by atoms with van der Waals surface area (Å²) in [4.78, 5) is 11.8. The Balaban J connectivity index is 1.53. The molecule has 0 radical (unpaired) electrons. The van der Waals surface area contributed by atoms with Crippen LogP contribution < -0.4 is 4.90 Å². The fourth-order valence-corrected chi connectivity index (χ4v) is 5.59. The number of hydrogen-bond acceptors (Lipinski definition) is 3. The molecule has 0 atom stereocenters. The van der Waals surface area contributed by atoms with E-state index in [4.69, 9.17) is 9.97 Å². The Morgan fingerprint density at radius 2 is 1.31 bits per heavy atom. The van der Waals surface area contributed by atoms with Crippen molar-refractivity contribution in [2.45, 2.75) is 19.3 Å². The highest BCUT2D eigenvalue weighted by atomic mass is 15.1. The normalized spacial score (nSPS) is 13.7. The Bertz CT molecular complexity index is 1680. The largest absolute Gasteiger partial charge is 0.310 e. The molecule has 3 aromatic heterocycles. The van der Waals surface area contributed by atoms with Crippen molar-refractivity contribution < 1.29 is 0 Å². The van der Waals surface area contributed by atoms with Gasteiger partial charge in [0.15, 0.2) is 0 Å². The maximum atomic E-state index is 4.74. The fraction of sp³-hybridized carbons (Fsp3) is 0.0968. The number of para-hydroxylation sites is 2. The number of anilines is 3. The molecule has 7 rings (SSSR count). The molecule has 0 spiro atoms. The van der Waals surface area contributed by atoms with Gasteiger partial charge in [0.05, 0.1) is 16.7 Å². The third-order valence-corrected chi connectivity index (χ3v) is 7.25. The quantitative estimate of drug-likeness (QED) is 0.276. The first-order valence-electron chi connectivity index (χ1n) is 11.9. The molecule has 0 bridgehead atoms. The van der Waals surface area contributed by atoms with Crippen molar-refractivity contribution >= 4 is 39.1 Å². The van der Waals surface area contributed by atoms with Crippen LogP contribution in [0.25, 0.3) is 27.8 Å². The Hall–Kier alpha value is -4.44. The molecular weight excluding hydrogens is 428 g/mol. The lowest BCUT2D eigenvalue weighted by Gasteiger charge is -2.36. The van der Waals surface area contributed by atoms with E-state index in [1.807, 2.05) is 18.5 Å². The molecular formula is C31H24N4. The van der Waals surface area contributed by atoms with Crippen LogP contribution in [-0.4, -0.2) is 14.5 Å². The molecule has 4 nitrogen and oxygen atoms in total. The number of hydrogen-bond donors (Lipinski definition) is 0. The Kier molecular flexibility index (Phi) is 4.15. The first kappa shape index (κ1) is 20.0. The van der Waals surface area contributed by atoms with Crippen LogP contribution in [0.15, 0.2) is 109 Å².